The van der Waals surface area contributed by atoms with Crippen molar-refractivity contribution in [3.05, 3.63) is 17.9 Å². The van der Waals surface area contributed by atoms with E-state index in [1.54, 1.807) is 0 Å². The van der Waals surface area contributed by atoms with Gasteiger partial charge in [0.2, 0.25) is 0 Å². The van der Waals surface area contributed by atoms with E-state index in [1.165, 1.54) is 0 Å². The van der Waals surface area contributed by atoms with E-state index in [0.29, 0.717) is 6.07 Å². The van der Waals surface area contributed by atoms with Crippen LogP contribution in [-0.4, -0.2) is 25.1 Å². The van der Waals surface area contributed by atoms with Crippen LogP contribution in [0, 0.1) is 5.82 Å². The molecule has 0 spiro atoms. The number of benzene rings is 1. The van der Waals surface area contributed by atoms with Crippen LogP contribution in [0.1, 0.15) is 26.7 Å². The summed E-state index contributed by atoms with van der Waals surface area (Å²) in [5.74, 6) is -13.4. The number of alkyl halides is 4. The van der Waals surface area contributed by atoms with E-state index in [0.717, 1.165) is 13.8 Å². The molecule has 1 aromatic carbocycles. The molecular weight excluding hydrogens is 422 g/mol. The molecule has 2 nitrogen and oxygen atoms in total. The summed E-state index contributed by atoms with van der Waals surface area (Å²) < 4.78 is 141. The van der Waals surface area contributed by atoms with Gasteiger partial charge in [0, 0.05) is 12.8 Å². The van der Waals surface area contributed by atoms with Gasteiger partial charge in [-0.3, -0.25) is 0 Å². The van der Waals surface area contributed by atoms with Gasteiger partial charge in [0.1, 0.15) is 5.75 Å². The molecule has 1 aromatic rings. The summed E-state index contributed by atoms with van der Waals surface area (Å²) in [6.45, 7) is -1.34. The van der Waals surface area contributed by atoms with Crippen LogP contribution in [0.3, 0.4) is 0 Å². The highest BCUT2D eigenvalue weighted by atomic mass is 32.5. The Balaban J connectivity index is 3.41. The van der Waals surface area contributed by atoms with Crippen molar-refractivity contribution in [1.29, 1.82) is 0 Å². The van der Waals surface area contributed by atoms with Crippen LogP contribution >= 0.6 is 10.2 Å². The summed E-state index contributed by atoms with van der Waals surface area (Å²) in [6.07, 6.45) is -1.69. The number of rotatable bonds is 9. The van der Waals surface area contributed by atoms with Gasteiger partial charge in [-0.1, -0.05) is 33.3 Å². The molecular formula is C14H16F10O2S. The zero-order valence-corrected chi connectivity index (χ0v) is 14.8. The highest BCUT2D eigenvalue weighted by Gasteiger charge is 2.69. The van der Waals surface area contributed by atoms with Crippen LogP contribution < -0.4 is 9.47 Å². The fraction of sp³-hybridized carbons (Fsp3) is 0.571. The van der Waals surface area contributed by atoms with Crippen molar-refractivity contribution in [2.24, 2.45) is 0 Å². The summed E-state index contributed by atoms with van der Waals surface area (Å²) in [5, 5.41) is 0. The lowest BCUT2D eigenvalue weighted by molar-refractivity contribution is -0.0464. The van der Waals surface area contributed by atoms with Crippen molar-refractivity contribution in [1.82, 2.24) is 0 Å². The molecule has 0 atom stereocenters. The van der Waals surface area contributed by atoms with Crippen LogP contribution in [-0.2, 0) is 0 Å². The molecule has 0 unspecified atom stereocenters. The van der Waals surface area contributed by atoms with Crippen molar-refractivity contribution in [3.8, 4) is 11.5 Å². The fourth-order valence-corrected chi connectivity index (χ4v) is 2.62. The number of halogens is 10. The average Bonchev–Trinajstić information content (AvgIpc) is 2.49. The topological polar surface area (TPSA) is 18.5 Å². The lowest BCUT2D eigenvalue weighted by atomic mass is 10.2. The minimum absolute atomic E-state index is 0.113. The summed E-state index contributed by atoms with van der Waals surface area (Å²) in [6, 6.07) is 0.426. The van der Waals surface area contributed by atoms with E-state index < -0.39 is 70.3 Å². The zero-order chi connectivity index (χ0) is 21.4. The normalized spacial score (nSPS) is 15.9. The monoisotopic (exact) mass is 438 g/mol. The van der Waals surface area contributed by atoms with Gasteiger partial charge in [-0.15, -0.1) is 0 Å². The first-order chi connectivity index (χ1) is 11.8. The number of hydrogen-bond acceptors (Lipinski definition) is 2. The maximum absolute atomic E-state index is 14.1. The first-order valence-corrected chi connectivity index (χ1v) is 9.35. The van der Waals surface area contributed by atoms with Crippen LogP contribution in [0.15, 0.2) is 17.0 Å². The van der Waals surface area contributed by atoms with Gasteiger partial charge in [0.25, 0.3) is 11.8 Å². The smallest absolute Gasteiger partial charge is 0.316 e. The predicted octanol–water partition coefficient (Wildman–Crippen LogP) is 7.33. The minimum atomic E-state index is -10.8. The molecule has 13 heteroatoms. The maximum Gasteiger partial charge on any atom is 0.316 e. The molecule has 0 bridgehead atoms. The van der Waals surface area contributed by atoms with Gasteiger partial charge in [0.05, 0.1) is 0 Å². The third-order valence-electron chi connectivity index (χ3n) is 3.32. The van der Waals surface area contributed by atoms with E-state index in [2.05, 4.69) is 9.47 Å². The molecule has 0 N–H and O–H groups in total. The molecule has 27 heavy (non-hydrogen) atoms. The number of ether oxygens (including phenoxy) is 2. The number of hydrogen-bond donors (Lipinski definition) is 0. The van der Waals surface area contributed by atoms with Gasteiger partial charge < -0.3 is 9.47 Å². The van der Waals surface area contributed by atoms with Gasteiger partial charge in [-0.05, 0) is 12.1 Å². The summed E-state index contributed by atoms with van der Waals surface area (Å²) in [7, 11) is -10.8. The second-order valence-electron chi connectivity index (χ2n) is 5.67. The van der Waals surface area contributed by atoms with Gasteiger partial charge >= 0.3 is 10.2 Å². The molecule has 0 fully saturated rings. The Hall–Kier alpha value is -1.53. The third-order valence-corrected chi connectivity index (χ3v) is 4.48. The van der Waals surface area contributed by atoms with Crippen molar-refractivity contribution in [2.75, 3.05) is 13.2 Å². The van der Waals surface area contributed by atoms with E-state index in [4.69, 9.17) is 0 Å². The molecule has 0 saturated heterocycles. The fourth-order valence-electron chi connectivity index (χ4n) is 1.68. The highest BCUT2D eigenvalue weighted by molar-refractivity contribution is 8.45. The maximum atomic E-state index is 14.1. The average molecular weight is 438 g/mol. The van der Waals surface area contributed by atoms with Gasteiger partial charge in [-0.2, -0.15) is 0 Å². The summed E-state index contributed by atoms with van der Waals surface area (Å²) in [5.41, 5.74) is 0. The molecule has 0 saturated carbocycles. The second kappa shape index (κ2) is 6.52. The SMILES string of the molecule is CCC(F)(F)COc1ccc(OCC(F)(F)CC)c(S(F)(F)(F)(F)F)c1F. The standard InChI is InChI=1S/C14H16F10O2S/c1-3-13(16,17)7-25-9-5-6-10(26-8-14(18,19)4-2)12(11(9)15)27(20,21,22,23)24/h5-6H,3-4,7-8H2,1-2H3. The molecule has 0 heterocycles. The van der Waals surface area contributed by atoms with E-state index in [-0.39, 0.29) is 6.07 Å². The molecule has 0 aromatic heterocycles. The Bertz CT molecular complexity index is 687. The molecule has 1 rings (SSSR count). The van der Waals surface area contributed by atoms with Crippen LogP contribution in [0.4, 0.5) is 41.4 Å². The zero-order valence-electron chi connectivity index (χ0n) is 14.0. The summed E-state index contributed by atoms with van der Waals surface area (Å²) >= 11 is 0. The molecule has 0 aliphatic carbocycles. The predicted molar refractivity (Wildman–Crippen MR) is 79.3 cm³/mol. The Labute approximate surface area is 148 Å². The van der Waals surface area contributed by atoms with Crippen molar-refractivity contribution in [2.45, 2.75) is 43.4 Å². The highest BCUT2D eigenvalue weighted by Crippen LogP contribution is 3.03. The van der Waals surface area contributed by atoms with E-state index >= 15 is 0 Å². The van der Waals surface area contributed by atoms with E-state index in [9.17, 15) is 41.4 Å². The molecule has 0 aliphatic rings. The molecule has 0 amide bonds. The first-order valence-electron chi connectivity index (χ1n) is 7.40. The van der Waals surface area contributed by atoms with Gasteiger partial charge in [-0.25, -0.2) is 22.0 Å². The third kappa shape index (κ3) is 6.54. The largest absolute Gasteiger partial charge is 0.486 e. The Morgan fingerprint density at radius 1 is 0.778 bits per heavy atom. The molecule has 160 valence electrons. The Morgan fingerprint density at radius 3 is 1.52 bits per heavy atom. The molecule has 0 aliphatic heterocycles. The molecule has 0 radical (unpaired) electrons. The minimum Gasteiger partial charge on any atom is -0.486 e. The van der Waals surface area contributed by atoms with Crippen LogP contribution in [0.5, 0.6) is 11.5 Å². The van der Waals surface area contributed by atoms with Crippen molar-refractivity contribution >= 4 is 10.2 Å². The van der Waals surface area contributed by atoms with Crippen LogP contribution in [0.2, 0.25) is 0 Å². The van der Waals surface area contributed by atoms with E-state index in [1.807, 2.05) is 0 Å². The lowest BCUT2D eigenvalue weighted by Gasteiger charge is -2.41. The quantitative estimate of drug-likeness (QED) is 0.376. The Kier molecular flexibility index (Phi) is 5.68. The lowest BCUT2D eigenvalue weighted by Crippen LogP contribution is -2.26. The second-order valence-corrected chi connectivity index (χ2v) is 8.02. The van der Waals surface area contributed by atoms with Crippen molar-refractivity contribution in [3.63, 3.8) is 0 Å². The van der Waals surface area contributed by atoms with Gasteiger partial charge in [0.15, 0.2) is 29.7 Å². The van der Waals surface area contributed by atoms with Crippen molar-refractivity contribution < 1.29 is 50.9 Å². The Morgan fingerprint density at radius 2 is 1.15 bits per heavy atom. The first kappa shape index (κ1) is 23.5. The summed E-state index contributed by atoms with van der Waals surface area (Å²) in [4.78, 5) is -3.24. The van der Waals surface area contributed by atoms with Crippen LogP contribution in [0.25, 0.3) is 0 Å².